The molecule has 0 aliphatic carbocycles. The Labute approximate surface area is 140 Å². The van der Waals surface area contributed by atoms with E-state index in [-0.39, 0.29) is 6.09 Å². The Balaban J connectivity index is 1.96. The summed E-state index contributed by atoms with van der Waals surface area (Å²) in [6, 6.07) is 9.69. The number of hydrogen-bond donors (Lipinski definition) is 1. The molecule has 1 rings (SSSR count). The van der Waals surface area contributed by atoms with Gasteiger partial charge < -0.3 is 10.1 Å². The van der Waals surface area contributed by atoms with E-state index in [1.54, 1.807) is 0 Å². The van der Waals surface area contributed by atoms with Crippen LogP contribution in [0, 0.1) is 0 Å². The van der Waals surface area contributed by atoms with Crippen LogP contribution in [-0.2, 0) is 11.3 Å². The van der Waals surface area contributed by atoms with Crippen LogP contribution in [0.2, 0.25) is 0 Å². The second-order valence-electron chi connectivity index (χ2n) is 5.55. The zero-order valence-corrected chi connectivity index (χ0v) is 14.2. The van der Waals surface area contributed by atoms with Crippen molar-refractivity contribution in [1.82, 2.24) is 5.32 Å². The number of rotatable bonds is 11. The quantitative estimate of drug-likeness (QED) is 0.440. The first-order valence-electron chi connectivity index (χ1n) is 8.67. The van der Waals surface area contributed by atoms with E-state index >= 15 is 0 Å². The number of ether oxygens (including phenoxy) is 1. The van der Waals surface area contributed by atoms with Crippen molar-refractivity contribution >= 4 is 6.09 Å². The maximum Gasteiger partial charge on any atom is 0.407 e. The van der Waals surface area contributed by atoms with Crippen LogP contribution in [0.15, 0.2) is 48.2 Å². The number of alkyl carbamates (subject to hydrolysis) is 1. The van der Waals surface area contributed by atoms with E-state index < -0.39 is 0 Å². The van der Waals surface area contributed by atoms with Crippen LogP contribution in [0.3, 0.4) is 0 Å². The number of amides is 1. The molecule has 0 aromatic heterocycles. The summed E-state index contributed by atoms with van der Waals surface area (Å²) in [6.45, 7) is 3.19. The van der Waals surface area contributed by atoms with Crippen LogP contribution >= 0.6 is 0 Å². The van der Waals surface area contributed by atoms with Gasteiger partial charge in [-0.1, -0.05) is 50.1 Å². The largest absolute Gasteiger partial charge is 0.445 e. The van der Waals surface area contributed by atoms with Crippen molar-refractivity contribution in [1.29, 1.82) is 0 Å². The zero-order chi connectivity index (χ0) is 16.6. The van der Waals surface area contributed by atoms with Gasteiger partial charge in [-0.05, 0) is 49.8 Å². The molecule has 0 aliphatic heterocycles. The number of carbonyl (C=O) groups is 1. The van der Waals surface area contributed by atoms with Crippen molar-refractivity contribution in [2.45, 2.75) is 58.5 Å². The Morgan fingerprint density at radius 2 is 1.78 bits per heavy atom. The fourth-order valence-electron chi connectivity index (χ4n) is 2.08. The molecule has 0 heterocycles. The Morgan fingerprint density at radius 3 is 2.48 bits per heavy atom. The molecule has 1 aromatic carbocycles. The summed E-state index contributed by atoms with van der Waals surface area (Å²) in [4.78, 5) is 11.5. The highest BCUT2D eigenvalue weighted by atomic mass is 16.5. The minimum Gasteiger partial charge on any atom is -0.445 e. The number of nitrogens with one attached hydrogen (secondary N) is 1. The van der Waals surface area contributed by atoms with Gasteiger partial charge in [0.1, 0.15) is 6.61 Å². The molecule has 0 saturated carbocycles. The van der Waals surface area contributed by atoms with E-state index in [0.29, 0.717) is 13.2 Å². The van der Waals surface area contributed by atoms with Crippen molar-refractivity contribution in [3.05, 3.63) is 53.8 Å². The highest BCUT2D eigenvalue weighted by Crippen LogP contribution is 2.01. The average molecular weight is 315 g/mol. The number of hydrogen-bond acceptors (Lipinski definition) is 2. The zero-order valence-electron chi connectivity index (χ0n) is 14.2. The number of allylic oxidation sites excluding steroid dienone is 1. The molecule has 3 heteroatoms. The molecule has 126 valence electrons. The third-order valence-corrected chi connectivity index (χ3v) is 3.45. The number of carbonyl (C=O) groups excluding carboxylic acids is 1. The summed E-state index contributed by atoms with van der Waals surface area (Å²) >= 11 is 0. The van der Waals surface area contributed by atoms with Crippen molar-refractivity contribution in [2.75, 3.05) is 6.54 Å². The highest BCUT2D eigenvalue weighted by Gasteiger charge is 2.00. The first kappa shape index (κ1) is 19.1. The molecule has 0 saturated heterocycles. The molecule has 0 fully saturated rings. The fourth-order valence-corrected chi connectivity index (χ4v) is 2.08. The highest BCUT2D eigenvalue weighted by molar-refractivity contribution is 5.67. The lowest BCUT2D eigenvalue weighted by molar-refractivity contribution is 0.139. The SMILES string of the molecule is CCCCCC=C=CCCCCNC(=O)OCc1ccccc1. The van der Waals surface area contributed by atoms with E-state index in [9.17, 15) is 4.79 Å². The first-order valence-corrected chi connectivity index (χ1v) is 8.67. The van der Waals surface area contributed by atoms with Crippen LogP contribution in [0.4, 0.5) is 4.79 Å². The molecule has 1 aromatic rings. The minimum atomic E-state index is -0.347. The monoisotopic (exact) mass is 315 g/mol. The molecule has 3 nitrogen and oxygen atoms in total. The summed E-state index contributed by atoms with van der Waals surface area (Å²) in [7, 11) is 0. The van der Waals surface area contributed by atoms with Gasteiger partial charge in [0.15, 0.2) is 0 Å². The summed E-state index contributed by atoms with van der Waals surface area (Å²) in [5.41, 5.74) is 4.22. The van der Waals surface area contributed by atoms with E-state index in [1.807, 2.05) is 30.3 Å². The molecule has 23 heavy (non-hydrogen) atoms. The molecule has 0 aliphatic rings. The molecule has 0 bridgehead atoms. The second-order valence-corrected chi connectivity index (χ2v) is 5.55. The van der Waals surface area contributed by atoms with Crippen molar-refractivity contribution in [2.24, 2.45) is 0 Å². The lowest BCUT2D eigenvalue weighted by Crippen LogP contribution is -2.25. The van der Waals surface area contributed by atoms with Crippen LogP contribution in [0.25, 0.3) is 0 Å². The van der Waals surface area contributed by atoms with Crippen LogP contribution in [0.1, 0.15) is 57.4 Å². The van der Waals surface area contributed by atoms with Gasteiger partial charge in [-0.25, -0.2) is 4.79 Å². The molecular formula is C20H29NO2. The topological polar surface area (TPSA) is 38.3 Å². The van der Waals surface area contributed by atoms with Gasteiger partial charge in [0, 0.05) is 6.54 Å². The van der Waals surface area contributed by atoms with Crippen LogP contribution < -0.4 is 5.32 Å². The van der Waals surface area contributed by atoms with Crippen molar-refractivity contribution < 1.29 is 9.53 Å². The Kier molecular flexibility index (Phi) is 11.3. The Bertz CT molecular complexity index is 476. The van der Waals surface area contributed by atoms with E-state index in [2.05, 4.69) is 30.1 Å². The average Bonchev–Trinajstić information content (AvgIpc) is 2.59. The summed E-state index contributed by atoms with van der Waals surface area (Å²) < 4.78 is 5.14. The van der Waals surface area contributed by atoms with Crippen LogP contribution in [-0.4, -0.2) is 12.6 Å². The lowest BCUT2D eigenvalue weighted by Gasteiger charge is -2.06. The Morgan fingerprint density at radius 1 is 1.09 bits per heavy atom. The number of benzene rings is 1. The van der Waals surface area contributed by atoms with Crippen molar-refractivity contribution in [3.63, 3.8) is 0 Å². The lowest BCUT2D eigenvalue weighted by atomic mass is 10.2. The minimum absolute atomic E-state index is 0.318. The first-order chi connectivity index (χ1) is 11.3. The van der Waals surface area contributed by atoms with E-state index in [1.165, 1.54) is 19.3 Å². The molecule has 0 spiro atoms. The third-order valence-electron chi connectivity index (χ3n) is 3.45. The van der Waals surface area contributed by atoms with Crippen molar-refractivity contribution in [3.8, 4) is 0 Å². The predicted octanol–water partition coefficient (Wildman–Crippen LogP) is 5.37. The summed E-state index contributed by atoms with van der Waals surface area (Å²) in [6.07, 6.45) is 11.8. The maximum absolute atomic E-state index is 11.5. The summed E-state index contributed by atoms with van der Waals surface area (Å²) in [5, 5.41) is 2.77. The predicted molar refractivity (Wildman–Crippen MR) is 95.3 cm³/mol. The standard InChI is InChI=1S/C20H29NO2/c1-2-3-4-5-6-7-8-9-10-14-17-21-20(22)23-18-19-15-12-11-13-16-19/h6,8,11-13,15-16H,2-5,9-10,14,17-18H2,1H3,(H,21,22). The van der Waals surface area contributed by atoms with E-state index in [0.717, 1.165) is 31.2 Å². The molecule has 0 unspecified atom stereocenters. The normalized spacial score (nSPS) is 9.78. The molecular weight excluding hydrogens is 286 g/mol. The van der Waals surface area contributed by atoms with Gasteiger partial charge in [-0.2, -0.15) is 0 Å². The molecule has 0 atom stereocenters. The third kappa shape index (κ3) is 11.3. The molecule has 1 N–H and O–H groups in total. The van der Waals surface area contributed by atoms with Gasteiger partial charge in [0.2, 0.25) is 0 Å². The van der Waals surface area contributed by atoms with Gasteiger partial charge in [0.25, 0.3) is 0 Å². The smallest absolute Gasteiger partial charge is 0.407 e. The Hall–Kier alpha value is -1.99. The maximum atomic E-state index is 11.5. The van der Waals surface area contributed by atoms with Gasteiger partial charge in [-0.3, -0.25) is 0 Å². The van der Waals surface area contributed by atoms with E-state index in [4.69, 9.17) is 4.74 Å². The van der Waals surface area contributed by atoms with Crippen LogP contribution in [0.5, 0.6) is 0 Å². The molecule has 0 radical (unpaired) electrons. The van der Waals surface area contributed by atoms with Gasteiger partial charge >= 0.3 is 6.09 Å². The van der Waals surface area contributed by atoms with Gasteiger partial charge in [-0.15, -0.1) is 5.73 Å². The second kappa shape index (κ2) is 13.7. The number of unbranched alkanes of at least 4 members (excludes halogenated alkanes) is 5. The molecule has 1 amide bonds. The fraction of sp³-hybridized carbons (Fsp3) is 0.500. The van der Waals surface area contributed by atoms with Gasteiger partial charge in [0.05, 0.1) is 0 Å². The summed E-state index contributed by atoms with van der Waals surface area (Å²) in [5.74, 6) is 0.